The molecule has 1 aromatic carbocycles. The molecular weight excluding hydrogens is 288 g/mol. The minimum absolute atomic E-state index is 0.162. The van der Waals surface area contributed by atoms with Crippen molar-refractivity contribution in [3.63, 3.8) is 0 Å². The second-order valence-corrected chi connectivity index (χ2v) is 6.74. The molecule has 0 saturated carbocycles. The summed E-state index contributed by atoms with van der Waals surface area (Å²) < 4.78 is 26.3. The van der Waals surface area contributed by atoms with Crippen molar-refractivity contribution in [3.8, 4) is 0 Å². The van der Waals surface area contributed by atoms with Gasteiger partial charge in [-0.3, -0.25) is 4.79 Å². The van der Waals surface area contributed by atoms with Gasteiger partial charge in [-0.2, -0.15) is 4.72 Å². The van der Waals surface area contributed by atoms with Crippen molar-refractivity contribution in [1.29, 1.82) is 0 Å². The number of carbonyl (C=O) groups excluding carboxylic acids is 1. The third kappa shape index (κ3) is 5.69. The molecule has 2 atom stereocenters. The molecule has 1 rings (SSSR count). The van der Waals surface area contributed by atoms with Crippen molar-refractivity contribution in [2.75, 3.05) is 0 Å². The first-order valence-corrected chi connectivity index (χ1v) is 8.36. The molecule has 2 unspecified atom stereocenters. The van der Waals surface area contributed by atoms with E-state index in [4.69, 9.17) is 5.73 Å². The van der Waals surface area contributed by atoms with Gasteiger partial charge >= 0.3 is 0 Å². The van der Waals surface area contributed by atoms with E-state index < -0.39 is 22.0 Å². The Kier molecular flexibility index (Phi) is 6.11. The van der Waals surface area contributed by atoms with E-state index in [2.05, 4.69) is 4.72 Å². The summed E-state index contributed by atoms with van der Waals surface area (Å²) in [5.74, 6) is -0.832. The number of sulfonamides is 1. The highest BCUT2D eigenvalue weighted by Crippen LogP contribution is 2.10. The maximum atomic E-state index is 12.0. The largest absolute Gasteiger partial charge is 0.368 e. The quantitative estimate of drug-likeness (QED) is 0.804. The lowest BCUT2D eigenvalue weighted by atomic mass is 10.00. The van der Waals surface area contributed by atoms with Gasteiger partial charge in [0.25, 0.3) is 0 Å². The molecule has 0 saturated heterocycles. The summed E-state index contributed by atoms with van der Waals surface area (Å²) in [6.45, 7) is 5.61. The normalized spacial score (nSPS) is 15.0. The molecule has 0 radical (unpaired) electrons. The zero-order valence-electron chi connectivity index (χ0n) is 12.5. The van der Waals surface area contributed by atoms with Gasteiger partial charge < -0.3 is 5.73 Å². The molecule has 0 spiro atoms. The Morgan fingerprint density at radius 1 is 1.33 bits per heavy atom. The Labute approximate surface area is 126 Å². The third-order valence-electron chi connectivity index (χ3n) is 3.33. The summed E-state index contributed by atoms with van der Waals surface area (Å²) in [6, 6.07) is 6.53. The molecule has 5 nitrogen and oxygen atoms in total. The Morgan fingerprint density at radius 3 is 2.38 bits per heavy atom. The molecule has 1 amide bonds. The molecule has 21 heavy (non-hydrogen) atoms. The molecule has 0 aliphatic carbocycles. The van der Waals surface area contributed by atoms with Gasteiger partial charge in [0.15, 0.2) is 0 Å². The van der Waals surface area contributed by atoms with Gasteiger partial charge in [0.1, 0.15) is 6.04 Å². The highest BCUT2D eigenvalue weighted by atomic mass is 32.2. The third-order valence-corrected chi connectivity index (χ3v) is 4.40. The lowest BCUT2D eigenvalue weighted by Gasteiger charge is -2.19. The van der Waals surface area contributed by atoms with Gasteiger partial charge in [-0.1, -0.05) is 50.1 Å². The molecule has 3 N–H and O–H groups in total. The summed E-state index contributed by atoms with van der Waals surface area (Å²) in [6.07, 6.45) is 2.13. The van der Waals surface area contributed by atoms with Crippen molar-refractivity contribution in [3.05, 3.63) is 40.8 Å². The zero-order valence-corrected chi connectivity index (χ0v) is 13.4. The van der Waals surface area contributed by atoms with Crippen LogP contribution in [0.3, 0.4) is 0 Å². The second kappa shape index (κ2) is 7.38. The standard InChI is InChI=1S/C15H22N2O3S/c1-4-12(3)14(15(16)18)17-21(19,20)10-9-13-7-5-11(2)6-8-13/h5-10,12,14,17H,4H2,1-3H3,(H2,16,18). The molecule has 0 bridgehead atoms. The summed E-state index contributed by atoms with van der Waals surface area (Å²) in [4.78, 5) is 11.4. The Morgan fingerprint density at radius 2 is 1.90 bits per heavy atom. The average molecular weight is 310 g/mol. The fourth-order valence-electron chi connectivity index (χ4n) is 1.75. The van der Waals surface area contributed by atoms with Gasteiger partial charge in [-0.25, -0.2) is 8.42 Å². The predicted molar refractivity (Wildman–Crippen MR) is 84.7 cm³/mol. The first-order valence-electron chi connectivity index (χ1n) is 6.81. The highest BCUT2D eigenvalue weighted by molar-refractivity contribution is 7.92. The number of nitrogens with two attached hydrogens (primary N) is 1. The number of nitrogens with one attached hydrogen (secondary N) is 1. The molecular formula is C15H22N2O3S. The van der Waals surface area contributed by atoms with Crippen molar-refractivity contribution in [2.24, 2.45) is 11.7 Å². The first-order chi connectivity index (χ1) is 9.75. The number of carbonyl (C=O) groups is 1. The number of benzene rings is 1. The molecule has 0 aliphatic heterocycles. The Balaban J connectivity index is 2.85. The van der Waals surface area contributed by atoms with Crippen molar-refractivity contribution >= 4 is 22.0 Å². The lowest BCUT2D eigenvalue weighted by Crippen LogP contribution is -2.47. The molecule has 1 aromatic rings. The maximum Gasteiger partial charge on any atom is 0.235 e. The predicted octanol–water partition coefficient (Wildman–Crippen LogP) is 1.79. The number of hydrogen-bond acceptors (Lipinski definition) is 3. The number of hydrogen-bond donors (Lipinski definition) is 2. The minimum atomic E-state index is -3.72. The number of aryl methyl sites for hydroxylation is 1. The molecule has 6 heteroatoms. The van der Waals surface area contributed by atoms with Crippen LogP contribution >= 0.6 is 0 Å². The van der Waals surface area contributed by atoms with E-state index in [-0.39, 0.29) is 5.92 Å². The molecule has 116 valence electrons. The van der Waals surface area contributed by atoms with Crippen molar-refractivity contribution in [2.45, 2.75) is 33.2 Å². The smallest absolute Gasteiger partial charge is 0.235 e. The van der Waals surface area contributed by atoms with E-state index in [9.17, 15) is 13.2 Å². The fraction of sp³-hybridized carbons (Fsp3) is 0.400. The van der Waals surface area contributed by atoms with Gasteiger partial charge in [0.2, 0.25) is 15.9 Å². The van der Waals surface area contributed by atoms with Crippen LogP contribution in [0.4, 0.5) is 0 Å². The maximum absolute atomic E-state index is 12.0. The summed E-state index contributed by atoms with van der Waals surface area (Å²) in [7, 11) is -3.72. The molecule has 0 aromatic heterocycles. The van der Waals surface area contributed by atoms with Gasteiger partial charge in [0.05, 0.1) is 0 Å². The van der Waals surface area contributed by atoms with Crippen molar-refractivity contribution in [1.82, 2.24) is 4.72 Å². The van der Waals surface area contributed by atoms with E-state index in [0.29, 0.717) is 6.42 Å². The van der Waals surface area contributed by atoms with Crippen molar-refractivity contribution < 1.29 is 13.2 Å². The van der Waals surface area contributed by atoms with E-state index >= 15 is 0 Å². The fourth-order valence-corrected chi connectivity index (χ4v) is 2.87. The highest BCUT2D eigenvalue weighted by Gasteiger charge is 2.25. The van der Waals surface area contributed by atoms with Crippen LogP contribution < -0.4 is 10.5 Å². The van der Waals surface area contributed by atoms with Crippen LogP contribution in [0.15, 0.2) is 29.7 Å². The van der Waals surface area contributed by atoms with Crippen LogP contribution in [0.1, 0.15) is 31.4 Å². The van der Waals surface area contributed by atoms with Crippen LogP contribution in [-0.4, -0.2) is 20.4 Å². The van der Waals surface area contributed by atoms with Crippen LogP contribution in [-0.2, 0) is 14.8 Å². The Hall–Kier alpha value is -1.66. The van der Waals surface area contributed by atoms with Gasteiger partial charge in [-0.05, 0) is 24.5 Å². The molecule has 0 fully saturated rings. The van der Waals surface area contributed by atoms with Crippen LogP contribution in [0, 0.1) is 12.8 Å². The van der Waals surface area contributed by atoms with Crippen LogP contribution in [0.2, 0.25) is 0 Å². The molecule has 0 heterocycles. The number of rotatable bonds is 7. The van der Waals surface area contributed by atoms with Gasteiger partial charge in [-0.15, -0.1) is 0 Å². The van der Waals surface area contributed by atoms with E-state index in [0.717, 1.165) is 16.5 Å². The van der Waals surface area contributed by atoms with E-state index in [1.807, 2.05) is 38.1 Å². The topological polar surface area (TPSA) is 89.3 Å². The monoisotopic (exact) mass is 310 g/mol. The summed E-state index contributed by atoms with van der Waals surface area (Å²) >= 11 is 0. The lowest BCUT2D eigenvalue weighted by molar-refractivity contribution is -0.120. The number of primary amides is 1. The van der Waals surface area contributed by atoms with Crippen LogP contribution in [0.5, 0.6) is 0 Å². The summed E-state index contributed by atoms with van der Waals surface area (Å²) in [5, 5.41) is 1.05. The average Bonchev–Trinajstić information content (AvgIpc) is 2.43. The van der Waals surface area contributed by atoms with E-state index in [1.165, 1.54) is 6.08 Å². The zero-order chi connectivity index (χ0) is 16.0. The summed E-state index contributed by atoms with van der Waals surface area (Å²) in [5.41, 5.74) is 7.12. The number of amides is 1. The second-order valence-electron chi connectivity index (χ2n) is 5.14. The Bertz CT molecular complexity index is 606. The first kappa shape index (κ1) is 17.4. The van der Waals surface area contributed by atoms with E-state index in [1.54, 1.807) is 6.92 Å². The minimum Gasteiger partial charge on any atom is -0.368 e. The van der Waals surface area contributed by atoms with Gasteiger partial charge in [0, 0.05) is 5.41 Å². The van der Waals surface area contributed by atoms with Crippen LogP contribution in [0.25, 0.3) is 6.08 Å². The SMILES string of the molecule is CCC(C)C(NS(=O)(=O)C=Cc1ccc(C)cc1)C(N)=O. The molecule has 0 aliphatic rings.